The van der Waals surface area contributed by atoms with Crippen LogP contribution in [0.4, 0.5) is 0 Å². The van der Waals surface area contributed by atoms with Crippen LogP contribution in [0.3, 0.4) is 0 Å². The lowest BCUT2D eigenvalue weighted by molar-refractivity contribution is 1.16. The second-order valence-electron chi connectivity index (χ2n) is 5.01. The first-order valence-corrected chi connectivity index (χ1v) is 7.06. The molecule has 0 saturated heterocycles. The Labute approximate surface area is 121 Å². The number of hydrogen-bond acceptors (Lipinski definition) is 1. The lowest BCUT2D eigenvalue weighted by Crippen LogP contribution is -1.85. The standard InChI is InChI=1S/C16H15BrN2/c1-10-4-5-13(11(2)6-10)15-9-19-8-14(17)12(3)7-16(19)18-15/h4-9H,1-3H3. The summed E-state index contributed by atoms with van der Waals surface area (Å²) in [5.74, 6) is 0. The Morgan fingerprint density at radius 2 is 1.79 bits per heavy atom. The van der Waals surface area contributed by atoms with E-state index in [4.69, 9.17) is 4.98 Å². The van der Waals surface area contributed by atoms with Crippen LogP contribution in [0.25, 0.3) is 16.9 Å². The topological polar surface area (TPSA) is 17.3 Å². The number of aromatic nitrogens is 2. The van der Waals surface area contributed by atoms with E-state index in [1.165, 1.54) is 22.3 Å². The Hall–Kier alpha value is -1.61. The van der Waals surface area contributed by atoms with E-state index in [-0.39, 0.29) is 0 Å². The summed E-state index contributed by atoms with van der Waals surface area (Å²) in [6.45, 7) is 6.32. The Balaban J connectivity index is 2.20. The Bertz CT molecular complexity index is 733. The lowest BCUT2D eigenvalue weighted by atomic mass is 10.0. The average Bonchev–Trinajstić information content (AvgIpc) is 2.72. The van der Waals surface area contributed by atoms with E-state index in [1.807, 2.05) is 0 Å². The molecular formula is C16H15BrN2. The predicted molar refractivity (Wildman–Crippen MR) is 82.5 cm³/mol. The Morgan fingerprint density at radius 3 is 2.53 bits per heavy atom. The second-order valence-corrected chi connectivity index (χ2v) is 5.87. The molecule has 3 heteroatoms. The molecule has 0 bridgehead atoms. The fourth-order valence-corrected chi connectivity index (χ4v) is 2.67. The van der Waals surface area contributed by atoms with Crippen LogP contribution in [0, 0.1) is 20.8 Å². The van der Waals surface area contributed by atoms with E-state index >= 15 is 0 Å². The van der Waals surface area contributed by atoms with Gasteiger partial charge in [0.25, 0.3) is 0 Å². The summed E-state index contributed by atoms with van der Waals surface area (Å²) in [7, 11) is 0. The van der Waals surface area contributed by atoms with Crippen molar-refractivity contribution in [3.8, 4) is 11.3 Å². The van der Waals surface area contributed by atoms with Crippen molar-refractivity contribution in [1.82, 2.24) is 9.38 Å². The zero-order valence-corrected chi connectivity index (χ0v) is 12.8. The first kappa shape index (κ1) is 12.4. The molecule has 0 atom stereocenters. The van der Waals surface area contributed by atoms with Crippen LogP contribution in [0.15, 0.2) is 41.1 Å². The summed E-state index contributed by atoms with van der Waals surface area (Å²) in [5, 5.41) is 0. The van der Waals surface area contributed by atoms with Gasteiger partial charge in [0.05, 0.1) is 5.69 Å². The van der Waals surface area contributed by atoms with Crippen molar-refractivity contribution in [1.29, 1.82) is 0 Å². The lowest BCUT2D eigenvalue weighted by Gasteiger charge is -2.02. The highest BCUT2D eigenvalue weighted by Crippen LogP contribution is 2.25. The highest BCUT2D eigenvalue weighted by molar-refractivity contribution is 9.10. The van der Waals surface area contributed by atoms with Gasteiger partial charge in [-0.2, -0.15) is 0 Å². The number of imidazole rings is 1. The Morgan fingerprint density at radius 1 is 1.00 bits per heavy atom. The molecule has 0 aliphatic rings. The Kier molecular flexibility index (Phi) is 2.94. The molecule has 2 aromatic heterocycles. The minimum atomic E-state index is 0.982. The van der Waals surface area contributed by atoms with E-state index in [2.05, 4.69) is 77.8 Å². The third-order valence-corrected chi connectivity index (χ3v) is 4.22. The summed E-state index contributed by atoms with van der Waals surface area (Å²) in [6, 6.07) is 8.57. The maximum atomic E-state index is 4.72. The molecule has 2 heterocycles. The van der Waals surface area contributed by atoms with Crippen LogP contribution in [0.1, 0.15) is 16.7 Å². The summed E-state index contributed by atoms with van der Waals surface area (Å²) in [5.41, 5.74) is 6.95. The van der Waals surface area contributed by atoms with E-state index in [1.54, 1.807) is 0 Å². The van der Waals surface area contributed by atoms with Gasteiger partial charge in [0.1, 0.15) is 5.65 Å². The fraction of sp³-hybridized carbons (Fsp3) is 0.188. The molecule has 0 spiro atoms. The molecule has 0 fully saturated rings. The van der Waals surface area contributed by atoms with Gasteiger partial charge in [-0.1, -0.05) is 23.8 Å². The third kappa shape index (κ3) is 2.19. The van der Waals surface area contributed by atoms with E-state index in [9.17, 15) is 0 Å². The number of rotatable bonds is 1. The molecule has 0 saturated carbocycles. The molecule has 0 amide bonds. The monoisotopic (exact) mass is 314 g/mol. The van der Waals surface area contributed by atoms with Crippen molar-refractivity contribution in [3.63, 3.8) is 0 Å². The summed E-state index contributed by atoms with van der Waals surface area (Å²) in [4.78, 5) is 4.72. The van der Waals surface area contributed by atoms with E-state index in [0.29, 0.717) is 0 Å². The molecule has 1 aromatic carbocycles. The largest absolute Gasteiger partial charge is 0.305 e. The quantitative estimate of drug-likeness (QED) is 0.637. The van der Waals surface area contributed by atoms with Gasteiger partial charge in [0.2, 0.25) is 0 Å². The van der Waals surface area contributed by atoms with Crippen LogP contribution >= 0.6 is 15.9 Å². The van der Waals surface area contributed by atoms with Gasteiger partial charge in [-0.3, -0.25) is 0 Å². The molecule has 0 aliphatic carbocycles. The number of nitrogens with zero attached hydrogens (tertiary/aromatic N) is 2. The predicted octanol–water partition coefficient (Wildman–Crippen LogP) is 4.69. The average molecular weight is 315 g/mol. The van der Waals surface area contributed by atoms with Crippen molar-refractivity contribution in [2.24, 2.45) is 0 Å². The normalized spacial score (nSPS) is 11.2. The number of fused-ring (bicyclic) bond motifs is 1. The summed E-state index contributed by atoms with van der Waals surface area (Å²) < 4.78 is 3.16. The van der Waals surface area contributed by atoms with Gasteiger partial charge >= 0.3 is 0 Å². The molecule has 96 valence electrons. The SMILES string of the molecule is Cc1ccc(-c2cn3cc(Br)c(C)cc3n2)c(C)c1. The van der Waals surface area contributed by atoms with E-state index in [0.717, 1.165) is 15.8 Å². The van der Waals surface area contributed by atoms with Crippen LogP contribution in [-0.2, 0) is 0 Å². The van der Waals surface area contributed by atoms with Crippen LogP contribution in [-0.4, -0.2) is 9.38 Å². The van der Waals surface area contributed by atoms with Gasteiger partial charge in [0.15, 0.2) is 0 Å². The first-order chi connectivity index (χ1) is 9.04. The van der Waals surface area contributed by atoms with Gasteiger partial charge in [0, 0.05) is 22.4 Å². The van der Waals surface area contributed by atoms with Crippen molar-refractivity contribution < 1.29 is 0 Å². The molecule has 2 nitrogen and oxygen atoms in total. The van der Waals surface area contributed by atoms with Gasteiger partial charge in [-0.25, -0.2) is 4.98 Å². The van der Waals surface area contributed by atoms with Crippen molar-refractivity contribution in [3.05, 3.63) is 57.8 Å². The highest BCUT2D eigenvalue weighted by Gasteiger charge is 2.08. The summed E-state index contributed by atoms with van der Waals surface area (Å²) >= 11 is 3.56. The second kappa shape index (κ2) is 4.49. The van der Waals surface area contributed by atoms with Crippen LogP contribution in [0.5, 0.6) is 0 Å². The minimum Gasteiger partial charge on any atom is -0.305 e. The third-order valence-electron chi connectivity index (χ3n) is 3.39. The van der Waals surface area contributed by atoms with Gasteiger partial charge in [-0.05, 0) is 53.9 Å². The van der Waals surface area contributed by atoms with Gasteiger partial charge in [-0.15, -0.1) is 0 Å². The molecule has 19 heavy (non-hydrogen) atoms. The molecule has 0 unspecified atom stereocenters. The van der Waals surface area contributed by atoms with Crippen molar-refractivity contribution in [2.45, 2.75) is 20.8 Å². The number of halogens is 1. The number of pyridine rings is 1. The first-order valence-electron chi connectivity index (χ1n) is 6.27. The van der Waals surface area contributed by atoms with Gasteiger partial charge < -0.3 is 4.40 Å². The zero-order chi connectivity index (χ0) is 13.6. The van der Waals surface area contributed by atoms with Crippen LogP contribution in [0.2, 0.25) is 0 Å². The molecule has 3 rings (SSSR count). The fourth-order valence-electron chi connectivity index (χ4n) is 2.34. The maximum Gasteiger partial charge on any atom is 0.137 e. The zero-order valence-electron chi connectivity index (χ0n) is 11.2. The number of hydrogen-bond donors (Lipinski definition) is 0. The van der Waals surface area contributed by atoms with Crippen LogP contribution < -0.4 is 0 Å². The number of aryl methyl sites for hydroxylation is 3. The molecule has 0 radical (unpaired) electrons. The highest BCUT2D eigenvalue weighted by atomic mass is 79.9. The number of benzene rings is 1. The van der Waals surface area contributed by atoms with E-state index < -0.39 is 0 Å². The summed E-state index contributed by atoms with van der Waals surface area (Å²) in [6.07, 6.45) is 4.14. The van der Waals surface area contributed by atoms with Crippen molar-refractivity contribution >= 4 is 21.6 Å². The smallest absolute Gasteiger partial charge is 0.137 e. The van der Waals surface area contributed by atoms with Crippen molar-refractivity contribution in [2.75, 3.05) is 0 Å². The molecule has 0 N–H and O–H groups in total. The minimum absolute atomic E-state index is 0.982. The molecule has 3 aromatic rings. The maximum absolute atomic E-state index is 4.72. The molecular weight excluding hydrogens is 300 g/mol. The molecule has 0 aliphatic heterocycles.